The molecule has 0 N–H and O–H groups in total. The van der Waals surface area contributed by atoms with Gasteiger partial charge in [-0.15, -0.1) is 11.3 Å². The van der Waals surface area contributed by atoms with Crippen LogP contribution in [-0.2, 0) is 0 Å². The fourth-order valence-corrected chi connectivity index (χ4v) is 12.0. The first-order valence-corrected chi connectivity index (χ1v) is 24.3. The highest BCUT2D eigenvalue weighted by atomic mass is 32.1. The number of benzene rings is 10. The second-order valence-electron chi connectivity index (χ2n) is 17.9. The zero-order valence-electron chi connectivity index (χ0n) is 37.4. The van der Waals surface area contributed by atoms with Gasteiger partial charge in [-0.2, -0.15) is 0 Å². The Morgan fingerprint density at radius 2 is 0.943 bits per heavy atom. The minimum Gasteiger partial charge on any atom is -0.455 e. The van der Waals surface area contributed by atoms with E-state index in [4.69, 9.17) is 19.4 Å². The standard InChI is InChI=1S/C63H37N5OS/c1-4-18-38(19-5-1)61-64-62(39-20-6-2-7-21-39)66-63(65-61)46-33-34-52(56-45-27-12-16-30-53(45)69-60(46)56)68-50-28-14-10-24-42(50)49-37-47(40-32-35-55-48(36-40)43-25-13-17-31-54(43)70-55)58-57(59(49)68)44-26-11-15-29-51(44)67(58)41-22-8-3-9-23-41/h1-37H. The van der Waals surface area contributed by atoms with Crippen LogP contribution in [0.15, 0.2) is 229 Å². The minimum atomic E-state index is 0.541. The van der Waals surface area contributed by atoms with E-state index in [-0.39, 0.29) is 0 Å². The highest BCUT2D eigenvalue weighted by molar-refractivity contribution is 7.25. The van der Waals surface area contributed by atoms with E-state index in [0.29, 0.717) is 23.1 Å². The molecule has 5 aromatic heterocycles. The molecule has 0 aliphatic rings. The Hall–Kier alpha value is -9.17. The van der Waals surface area contributed by atoms with Gasteiger partial charge in [-0.05, 0) is 72.3 Å². The maximum absolute atomic E-state index is 7.03. The number of para-hydroxylation sites is 4. The Balaban J connectivity index is 1.08. The fraction of sp³-hybridized carbons (Fsp3) is 0. The van der Waals surface area contributed by atoms with Crippen LogP contribution in [0.1, 0.15) is 0 Å². The summed E-state index contributed by atoms with van der Waals surface area (Å²) in [6, 6.07) is 79.7. The third-order valence-corrected chi connectivity index (χ3v) is 15.1. The van der Waals surface area contributed by atoms with Gasteiger partial charge in [0, 0.05) is 69.5 Å². The smallest absolute Gasteiger partial charge is 0.167 e. The lowest BCUT2D eigenvalue weighted by molar-refractivity contribution is 0.669. The second kappa shape index (κ2) is 15.2. The number of hydrogen-bond acceptors (Lipinski definition) is 5. The van der Waals surface area contributed by atoms with Gasteiger partial charge >= 0.3 is 0 Å². The van der Waals surface area contributed by atoms with Crippen molar-refractivity contribution in [2.24, 2.45) is 0 Å². The zero-order chi connectivity index (χ0) is 45.9. The van der Waals surface area contributed by atoms with Gasteiger partial charge in [0.25, 0.3) is 0 Å². The summed E-state index contributed by atoms with van der Waals surface area (Å²) in [6.07, 6.45) is 0. The molecule has 0 fully saturated rings. The zero-order valence-corrected chi connectivity index (χ0v) is 38.2. The number of furan rings is 1. The van der Waals surface area contributed by atoms with Crippen LogP contribution in [0.25, 0.3) is 142 Å². The van der Waals surface area contributed by atoms with Crippen molar-refractivity contribution < 1.29 is 4.42 Å². The van der Waals surface area contributed by atoms with Crippen LogP contribution in [-0.4, -0.2) is 24.1 Å². The Morgan fingerprint density at radius 3 is 1.69 bits per heavy atom. The van der Waals surface area contributed by atoms with Crippen LogP contribution in [0.4, 0.5) is 0 Å². The molecule has 0 amide bonds. The van der Waals surface area contributed by atoms with Crippen LogP contribution >= 0.6 is 11.3 Å². The average Bonchev–Trinajstić information content (AvgIpc) is 4.19. The number of nitrogens with zero attached hydrogens (tertiary/aromatic N) is 5. The van der Waals surface area contributed by atoms with Gasteiger partial charge in [-0.3, -0.25) is 0 Å². The Morgan fingerprint density at radius 1 is 0.357 bits per heavy atom. The van der Waals surface area contributed by atoms with E-state index < -0.39 is 0 Å². The summed E-state index contributed by atoms with van der Waals surface area (Å²) < 4.78 is 14.6. The Kier molecular flexibility index (Phi) is 8.43. The van der Waals surface area contributed by atoms with Crippen molar-refractivity contribution in [1.82, 2.24) is 24.1 Å². The number of aromatic nitrogens is 5. The largest absolute Gasteiger partial charge is 0.455 e. The van der Waals surface area contributed by atoms with E-state index in [1.54, 1.807) is 0 Å². The minimum absolute atomic E-state index is 0.541. The van der Waals surface area contributed by atoms with E-state index >= 15 is 0 Å². The molecule has 6 nitrogen and oxygen atoms in total. The van der Waals surface area contributed by atoms with E-state index in [1.807, 2.05) is 78.1 Å². The first kappa shape index (κ1) is 38.9. The second-order valence-corrected chi connectivity index (χ2v) is 19.0. The number of hydrogen-bond donors (Lipinski definition) is 0. The molecule has 0 bridgehead atoms. The summed E-state index contributed by atoms with van der Waals surface area (Å²) in [5.41, 5.74) is 13.1. The van der Waals surface area contributed by atoms with Crippen LogP contribution in [0.5, 0.6) is 0 Å². The molecule has 0 saturated carbocycles. The summed E-state index contributed by atoms with van der Waals surface area (Å²) in [4.78, 5) is 15.4. The number of fused-ring (bicyclic) bond motifs is 13. The maximum Gasteiger partial charge on any atom is 0.167 e. The van der Waals surface area contributed by atoms with E-state index in [1.165, 1.54) is 52.8 Å². The predicted molar refractivity (Wildman–Crippen MR) is 290 cm³/mol. The molecule has 0 spiro atoms. The lowest BCUT2D eigenvalue weighted by atomic mass is 9.96. The van der Waals surface area contributed by atoms with Crippen molar-refractivity contribution in [3.8, 4) is 56.7 Å². The lowest BCUT2D eigenvalue weighted by Gasteiger charge is -2.15. The van der Waals surface area contributed by atoms with Gasteiger partial charge < -0.3 is 13.6 Å². The lowest BCUT2D eigenvalue weighted by Crippen LogP contribution is -2.01. The maximum atomic E-state index is 7.03. The molecule has 10 aromatic carbocycles. The van der Waals surface area contributed by atoms with Gasteiger partial charge in [-0.25, -0.2) is 15.0 Å². The molecule has 7 heteroatoms. The molecule has 326 valence electrons. The topological polar surface area (TPSA) is 61.7 Å². The molecule has 0 saturated heterocycles. The molecule has 0 unspecified atom stereocenters. The first-order valence-electron chi connectivity index (χ1n) is 23.5. The molecule has 70 heavy (non-hydrogen) atoms. The quantitative estimate of drug-likeness (QED) is 0.167. The molecule has 0 atom stereocenters. The van der Waals surface area contributed by atoms with Crippen molar-refractivity contribution in [1.29, 1.82) is 0 Å². The fourth-order valence-electron chi connectivity index (χ4n) is 10.9. The molecule has 0 aliphatic heterocycles. The third kappa shape index (κ3) is 5.76. The van der Waals surface area contributed by atoms with Gasteiger partial charge in [0.2, 0.25) is 0 Å². The molecular formula is C63H37N5OS. The van der Waals surface area contributed by atoms with E-state index in [0.717, 1.165) is 66.5 Å². The number of rotatable bonds is 6. The number of thiophene rings is 1. The van der Waals surface area contributed by atoms with Crippen molar-refractivity contribution in [2.45, 2.75) is 0 Å². The van der Waals surface area contributed by atoms with Gasteiger partial charge in [0.15, 0.2) is 17.5 Å². The van der Waals surface area contributed by atoms with Crippen molar-refractivity contribution in [3.63, 3.8) is 0 Å². The Labute approximate surface area is 404 Å². The van der Waals surface area contributed by atoms with Crippen molar-refractivity contribution >= 4 is 97.1 Å². The summed E-state index contributed by atoms with van der Waals surface area (Å²) in [5.74, 6) is 1.73. The van der Waals surface area contributed by atoms with Crippen LogP contribution in [0, 0.1) is 0 Å². The van der Waals surface area contributed by atoms with Crippen molar-refractivity contribution in [3.05, 3.63) is 224 Å². The summed E-state index contributed by atoms with van der Waals surface area (Å²) >= 11 is 1.85. The van der Waals surface area contributed by atoms with Gasteiger partial charge in [-0.1, -0.05) is 158 Å². The Bertz CT molecular complexity index is 4530. The van der Waals surface area contributed by atoms with Crippen LogP contribution in [0.2, 0.25) is 0 Å². The SMILES string of the molecule is c1ccc(-c2nc(-c3ccccc3)nc(-c3ccc(-n4c5ccccc5c5cc(-c6ccc7sc8ccccc8c7c6)c6c(c7ccccc7n6-c6ccccc6)c54)c4c3oc3ccccc34)n2)cc1. The van der Waals surface area contributed by atoms with Crippen molar-refractivity contribution in [2.75, 3.05) is 0 Å². The monoisotopic (exact) mass is 911 g/mol. The van der Waals surface area contributed by atoms with E-state index in [9.17, 15) is 0 Å². The highest BCUT2D eigenvalue weighted by Gasteiger charge is 2.27. The molecule has 0 radical (unpaired) electrons. The van der Waals surface area contributed by atoms with Gasteiger partial charge in [0.05, 0.1) is 38.7 Å². The molecule has 15 rings (SSSR count). The third-order valence-electron chi connectivity index (χ3n) is 14.0. The normalized spacial score (nSPS) is 12.0. The average molecular weight is 912 g/mol. The molecular weight excluding hydrogens is 875 g/mol. The predicted octanol–water partition coefficient (Wildman–Crippen LogP) is 17.0. The summed E-state index contributed by atoms with van der Waals surface area (Å²) in [5, 5.41) is 9.25. The first-order chi connectivity index (χ1) is 34.7. The molecule has 15 aromatic rings. The van der Waals surface area contributed by atoms with Crippen LogP contribution in [0.3, 0.4) is 0 Å². The molecule has 0 aliphatic carbocycles. The van der Waals surface area contributed by atoms with Crippen LogP contribution < -0.4 is 0 Å². The summed E-state index contributed by atoms with van der Waals surface area (Å²) in [6.45, 7) is 0. The molecule has 5 heterocycles. The van der Waals surface area contributed by atoms with Gasteiger partial charge in [0.1, 0.15) is 11.2 Å². The summed E-state index contributed by atoms with van der Waals surface area (Å²) in [7, 11) is 0. The highest BCUT2D eigenvalue weighted by Crippen LogP contribution is 2.49. The van der Waals surface area contributed by atoms with E-state index in [2.05, 4.69) is 167 Å².